The summed E-state index contributed by atoms with van der Waals surface area (Å²) in [6.45, 7) is 0.304. The number of para-hydroxylation sites is 1. The van der Waals surface area contributed by atoms with Gasteiger partial charge in [0.2, 0.25) is 11.5 Å². The van der Waals surface area contributed by atoms with Crippen LogP contribution in [0.3, 0.4) is 0 Å². The summed E-state index contributed by atoms with van der Waals surface area (Å²) in [6, 6.07) is 9.68. The van der Waals surface area contributed by atoms with Crippen molar-refractivity contribution in [3.05, 3.63) is 54.0 Å². The van der Waals surface area contributed by atoms with Crippen LogP contribution in [0.5, 0.6) is 0 Å². The minimum Gasteiger partial charge on any atom is -0.379 e. The number of nitrogens with zero attached hydrogens (tertiary/aromatic N) is 4. The number of nitrogens with two attached hydrogens (primary N) is 1. The van der Waals surface area contributed by atoms with Crippen molar-refractivity contribution in [1.82, 2.24) is 25.4 Å². The summed E-state index contributed by atoms with van der Waals surface area (Å²) < 4.78 is 6.11. The second kappa shape index (κ2) is 5.45. The fraction of sp³-hybridized carbons (Fsp3) is 0.0769. The van der Waals surface area contributed by atoms with Crippen molar-refractivity contribution in [3.8, 4) is 5.69 Å². The summed E-state index contributed by atoms with van der Waals surface area (Å²) in [7, 11) is 0. The average molecular weight is 284 g/mol. The first-order valence-electron chi connectivity index (χ1n) is 6.19. The van der Waals surface area contributed by atoms with Gasteiger partial charge in [0.1, 0.15) is 0 Å². The first kappa shape index (κ1) is 12.9. The molecule has 8 heteroatoms. The Labute approximate surface area is 119 Å². The van der Waals surface area contributed by atoms with Gasteiger partial charge in [0, 0.05) is 18.3 Å². The van der Waals surface area contributed by atoms with Crippen molar-refractivity contribution in [1.29, 1.82) is 0 Å². The third-order valence-corrected chi connectivity index (χ3v) is 2.84. The van der Waals surface area contributed by atoms with Gasteiger partial charge in [-0.25, -0.2) is 9.31 Å². The van der Waals surface area contributed by atoms with E-state index in [9.17, 15) is 4.79 Å². The second-order valence-corrected chi connectivity index (χ2v) is 4.31. The lowest BCUT2D eigenvalue weighted by atomic mass is 10.3. The van der Waals surface area contributed by atoms with Crippen molar-refractivity contribution in [3.63, 3.8) is 0 Å². The van der Waals surface area contributed by atoms with E-state index in [2.05, 4.69) is 25.4 Å². The van der Waals surface area contributed by atoms with Gasteiger partial charge < -0.3 is 11.1 Å². The predicted octanol–water partition coefficient (Wildman–Crippen LogP) is 0.767. The highest BCUT2D eigenvalue weighted by Gasteiger charge is 2.15. The molecule has 2 aromatic heterocycles. The molecule has 1 amide bonds. The molecule has 0 radical (unpaired) electrons. The first-order chi connectivity index (χ1) is 10.2. The molecule has 0 aliphatic carbocycles. The Balaban J connectivity index is 1.66. The average Bonchev–Trinajstić information content (AvgIpc) is 3.15. The third-order valence-electron chi connectivity index (χ3n) is 2.84. The Kier molecular flexibility index (Phi) is 3.34. The van der Waals surface area contributed by atoms with Gasteiger partial charge in [0.05, 0.1) is 11.9 Å². The van der Waals surface area contributed by atoms with Gasteiger partial charge in [0.25, 0.3) is 5.91 Å². The highest BCUT2D eigenvalue weighted by molar-refractivity contribution is 5.95. The number of nitrogens with one attached hydrogen (secondary N) is 1. The first-order valence-corrected chi connectivity index (χ1v) is 6.19. The van der Waals surface area contributed by atoms with E-state index in [1.165, 1.54) is 0 Å². The fourth-order valence-electron chi connectivity index (χ4n) is 1.79. The van der Waals surface area contributed by atoms with Crippen LogP contribution < -0.4 is 11.1 Å². The minimum atomic E-state index is -0.443. The van der Waals surface area contributed by atoms with Gasteiger partial charge in [-0.3, -0.25) is 4.79 Å². The maximum Gasteiger partial charge on any atom is 0.277 e. The van der Waals surface area contributed by atoms with Gasteiger partial charge in [-0.1, -0.05) is 18.2 Å². The summed E-state index contributed by atoms with van der Waals surface area (Å²) in [6.07, 6.45) is 3.51. The van der Waals surface area contributed by atoms with Crippen LogP contribution in [-0.2, 0) is 6.54 Å². The maximum absolute atomic E-state index is 11.8. The molecule has 0 saturated carbocycles. The molecule has 0 bridgehead atoms. The van der Waals surface area contributed by atoms with Crippen molar-refractivity contribution >= 4 is 11.7 Å². The number of hydrogen-bond donors (Lipinski definition) is 2. The van der Waals surface area contributed by atoms with Gasteiger partial charge in [0.15, 0.2) is 0 Å². The van der Waals surface area contributed by atoms with Crippen molar-refractivity contribution in [2.24, 2.45) is 0 Å². The SMILES string of the molecule is Nc1nonc1C(=O)NCc1cnn(-c2ccccc2)c1. The Morgan fingerprint density at radius 1 is 1.29 bits per heavy atom. The van der Waals surface area contributed by atoms with Crippen molar-refractivity contribution < 1.29 is 9.42 Å². The van der Waals surface area contributed by atoms with Crippen LogP contribution in [0.4, 0.5) is 5.82 Å². The van der Waals surface area contributed by atoms with E-state index in [4.69, 9.17) is 5.73 Å². The maximum atomic E-state index is 11.8. The third kappa shape index (κ3) is 2.73. The molecule has 0 spiro atoms. The zero-order valence-corrected chi connectivity index (χ0v) is 10.9. The minimum absolute atomic E-state index is 0.0227. The predicted molar refractivity (Wildman–Crippen MR) is 73.4 cm³/mol. The second-order valence-electron chi connectivity index (χ2n) is 4.31. The topological polar surface area (TPSA) is 112 Å². The Bertz CT molecular complexity index is 749. The molecule has 3 N–H and O–H groups in total. The number of aromatic nitrogens is 4. The van der Waals surface area contributed by atoms with E-state index in [1.807, 2.05) is 36.5 Å². The van der Waals surface area contributed by atoms with E-state index in [1.54, 1.807) is 10.9 Å². The van der Waals surface area contributed by atoms with Gasteiger partial charge in [-0.05, 0) is 22.4 Å². The number of benzene rings is 1. The van der Waals surface area contributed by atoms with Gasteiger partial charge in [-0.15, -0.1) is 0 Å². The van der Waals surface area contributed by atoms with E-state index >= 15 is 0 Å². The Morgan fingerprint density at radius 3 is 2.81 bits per heavy atom. The zero-order chi connectivity index (χ0) is 14.7. The molecular weight excluding hydrogens is 272 g/mol. The molecule has 0 unspecified atom stereocenters. The molecule has 106 valence electrons. The normalized spacial score (nSPS) is 10.5. The lowest BCUT2D eigenvalue weighted by Gasteiger charge is -2.01. The largest absolute Gasteiger partial charge is 0.379 e. The molecule has 0 fully saturated rings. The number of carbonyl (C=O) groups is 1. The van der Waals surface area contributed by atoms with Crippen LogP contribution in [0.2, 0.25) is 0 Å². The van der Waals surface area contributed by atoms with E-state index < -0.39 is 5.91 Å². The number of carbonyl (C=O) groups excluding carboxylic acids is 1. The summed E-state index contributed by atoms with van der Waals surface area (Å²) in [5.74, 6) is -0.478. The monoisotopic (exact) mass is 284 g/mol. The molecule has 0 aliphatic heterocycles. The Hall–Kier alpha value is -3.16. The van der Waals surface area contributed by atoms with Crippen LogP contribution in [0, 0.1) is 0 Å². The Morgan fingerprint density at radius 2 is 2.10 bits per heavy atom. The van der Waals surface area contributed by atoms with Crippen molar-refractivity contribution in [2.45, 2.75) is 6.54 Å². The quantitative estimate of drug-likeness (QED) is 0.731. The highest BCUT2D eigenvalue weighted by atomic mass is 16.6. The molecule has 0 atom stereocenters. The molecule has 0 saturated heterocycles. The van der Waals surface area contributed by atoms with Crippen LogP contribution in [0.15, 0.2) is 47.4 Å². The molecule has 3 rings (SSSR count). The summed E-state index contributed by atoms with van der Waals surface area (Å²) in [5.41, 5.74) is 7.22. The smallest absolute Gasteiger partial charge is 0.277 e. The molecule has 3 aromatic rings. The number of amides is 1. The van der Waals surface area contributed by atoms with Crippen LogP contribution in [0.1, 0.15) is 16.1 Å². The standard InChI is InChI=1S/C13H12N6O2/c14-12-11(17-21-18-12)13(20)15-6-9-7-16-19(8-9)10-4-2-1-3-5-10/h1-5,7-8H,6H2,(H2,14,18)(H,15,20). The van der Waals surface area contributed by atoms with Gasteiger partial charge in [-0.2, -0.15) is 5.10 Å². The molecule has 1 aromatic carbocycles. The van der Waals surface area contributed by atoms with Crippen molar-refractivity contribution in [2.75, 3.05) is 5.73 Å². The zero-order valence-electron chi connectivity index (χ0n) is 10.9. The summed E-state index contributed by atoms with van der Waals surface area (Å²) in [5, 5.41) is 13.7. The molecule has 2 heterocycles. The number of nitrogen functional groups attached to an aromatic ring is 1. The lowest BCUT2D eigenvalue weighted by Crippen LogP contribution is -2.23. The summed E-state index contributed by atoms with van der Waals surface area (Å²) in [4.78, 5) is 11.8. The molecule has 8 nitrogen and oxygen atoms in total. The van der Waals surface area contributed by atoms with Crippen LogP contribution in [0.25, 0.3) is 5.69 Å². The summed E-state index contributed by atoms with van der Waals surface area (Å²) >= 11 is 0. The van der Waals surface area contributed by atoms with Crippen LogP contribution >= 0.6 is 0 Å². The van der Waals surface area contributed by atoms with E-state index in [0.717, 1.165) is 11.3 Å². The fourth-order valence-corrected chi connectivity index (χ4v) is 1.79. The number of anilines is 1. The van der Waals surface area contributed by atoms with Gasteiger partial charge >= 0.3 is 0 Å². The number of hydrogen-bond acceptors (Lipinski definition) is 6. The lowest BCUT2D eigenvalue weighted by molar-refractivity contribution is 0.0941. The molecular formula is C13H12N6O2. The number of rotatable bonds is 4. The van der Waals surface area contributed by atoms with E-state index in [-0.39, 0.29) is 11.5 Å². The molecule has 0 aliphatic rings. The van der Waals surface area contributed by atoms with Crippen LogP contribution in [-0.4, -0.2) is 26.0 Å². The van der Waals surface area contributed by atoms with E-state index in [0.29, 0.717) is 6.54 Å². The molecule has 21 heavy (non-hydrogen) atoms. The highest BCUT2D eigenvalue weighted by Crippen LogP contribution is 2.08.